The lowest BCUT2D eigenvalue weighted by molar-refractivity contribution is -0.125. The highest BCUT2D eigenvalue weighted by molar-refractivity contribution is 6.30. The van der Waals surface area contributed by atoms with Gasteiger partial charge < -0.3 is 19.2 Å². The maximum atomic E-state index is 12.4. The van der Waals surface area contributed by atoms with E-state index in [1.807, 2.05) is 29.2 Å². The fourth-order valence-electron chi connectivity index (χ4n) is 3.30. The Morgan fingerprint density at radius 1 is 1.21 bits per heavy atom. The first-order valence-electron chi connectivity index (χ1n) is 9.34. The van der Waals surface area contributed by atoms with Gasteiger partial charge in [0.2, 0.25) is 11.7 Å². The molecule has 1 aliphatic rings. The maximum Gasteiger partial charge on any atom is 0.324 e. The molecule has 7 nitrogen and oxygen atoms in total. The average molecular weight is 401 g/mol. The third-order valence-corrected chi connectivity index (χ3v) is 5.16. The number of hydrogen-bond acceptors (Lipinski definition) is 6. The molecule has 1 amide bonds. The number of carbonyl (C=O) groups excluding carboxylic acids is 1. The number of carbonyl (C=O) groups is 1. The third kappa shape index (κ3) is 4.36. The number of amides is 1. The fourth-order valence-corrected chi connectivity index (χ4v) is 3.43. The van der Waals surface area contributed by atoms with E-state index in [0.717, 1.165) is 24.2 Å². The number of anilines is 1. The molecule has 1 aromatic carbocycles. The van der Waals surface area contributed by atoms with Crippen LogP contribution in [-0.4, -0.2) is 35.7 Å². The van der Waals surface area contributed by atoms with Crippen molar-refractivity contribution in [2.45, 2.75) is 19.3 Å². The topological polar surface area (TPSA) is 84.4 Å². The van der Waals surface area contributed by atoms with Crippen molar-refractivity contribution in [1.82, 2.24) is 15.5 Å². The predicted molar refractivity (Wildman–Crippen MR) is 105 cm³/mol. The molecule has 0 unspecified atom stereocenters. The second kappa shape index (κ2) is 8.48. The Balaban J connectivity index is 1.27. The minimum absolute atomic E-state index is 0.00603. The summed E-state index contributed by atoms with van der Waals surface area (Å²) in [6, 6.07) is 11.6. The summed E-state index contributed by atoms with van der Waals surface area (Å²) in [4.78, 5) is 18.9. The van der Waals surface area contributed by atoms with Crippen LogP contribution in [-0.2, 0) is 11.2 Å². The van der Waals surface area contributed by atoms with Gasteiger partial charge in [-0.05, 0) is 49.2 Å². The molecule has 28 heavy (non-hydrogen) atoms. The van der Waals surface area contributed by atoms with E-state index in [2.05, 4.69) is 15.5 Å². The van der Waals surface area contributed by atoms with E-state index in [-0.39, 0.29) is 11.8 Å². The van der Waals surface area contributed by atoms with Gasteiger partial charge in [0.1, 0.15) is 5.76 Å². The molecule has 0 spiro atoms. The molecule has 0 saturated carbocycles. The highest BCUT2D eigenvalue weighted by Crippen LogP contribution is 2.25. The lowest BCUT2D eigenvalue weighted by Gasteiger charge is -2.29. The van der Waals surface area contributed by atoms with Crippen molar-refractivity contribution in [3.05, 3.63) is 53.4 Å². The van der Waals surface area contributed by atoms with E-state index in [1.165, 1.54) is 0 Å². The summed E-state index contributed by atoms with van der Waals surface area (Å²) in [7, 11) is 0. The molecule has 1 fully saturated rings. The Bertz CT molecular complexity index is 900. The number of halogens is 1. The van der Waals surface area contributed by atoms with Gasteiger partial charge in [0.25, 0.3) is 0 Å². The smallest absolute Gasteiger partial charge is 0.324 e. The van der Waals surface area contributed by atoms with Crippen LogP contribution in [0.25, 0.3) is 11.4 Å². The number of aromatic nitrogens is 2. The van der Waals surface area contributed by atoms with Crippen molar-refractivity contribution < 1.29 is 13.7 Å². The third-order valence-electron chi connectivity index (χ3n) is 4.90. The summed E-state index contributed by atoms with van der Waals surface area (Å²) in [6.07, 6.45) is 3.85. The van der Waals surface area contributed by atoms with Crippen LogP contribution in [0.15, 0.2) is 51.6 Å². The molecule has 8 heteroatoms. The summed E-state index contributed by atoms with van der Waals surface area (Å²) >= 11 is 5.91. The second-order valence-corrected chi connectivity index (χ2v) is 7.23. The van der Waals surface area contributed by atoms with E-state index in [9.17, 15) is 4.79 Å². The molecular weight excluding hydrogens is 380 g/mol. The summed E-state index contributed by atoms with van der Waals surface area (Å²) in [5.41, 5.74) is 0.852. The first-order chi connectivity index (χ1) is 13.7. The van der Waals surface area contributed by atoms with Gasteiger partial charge in [-0.2, -0.15) is 4.98 Å². The molecule has 4 rings (SSSR count). The minimum atomic E-state index is 0.00603. The Kier molecular flexibility index (Phi) is 5.62. The van der Waals surface area contributed by atoms with Gasteiger partial charge in [0, 0.05) is 42.6 Å². The molecule has 3 heterocycles. The summed E-state index contributed by atoms with van der Waals surface area (Å²) < 4.78 is 10.7. The summed E-state index contributed by atoms with van der Waals surface area (Å²) in [6.45, 7) is 2.00. The van der Waals surface area contributed by atoms with E-state index < -0.39 is 0 Å². The number of furan rings is 1. The first kappa shape index (κ1) is 18.6. The molecule has 3 aromatic rings. The molecule has 1 N–H and O–H groups in total. The predicted octanol–water partition coefficient (Wildman–Crippen LogP) is 3.56. The lowest BCUT2D eigenvalue weighted by atomic mass is 9.96. The summed E-state index contributed by atoms with van der Waals surface area (Å²) in [5.74, 6) is 1.51. The average Bonchev–Trinajstić information content (AvgIpc) is 3.41. The number of nitrogens with zero attached hydrogens (tertiary/aromatic N) is 3. The lowest BCUT2D eigenvalue weighted by Crippen LogP contribution is -2.41. The Labute approximate surface area is 167 Å². The highest BCUT2D eigenvalue weighted by atomic mass is 35.5. The number of nitrogens with one attached hydrogen (secondary N) is 1. The number of hydrogen-bond donors (Lipinski definition) is 1. The molecule has 0 aliphatic carbocycles. The zero-order valence-corrected chi connectivity index (χ0v) is 16.1. The molecule has 1 saturated heterocycles. The molecule has 0 radical (unpaired) electrons. The van der Waals surface area contributed by atoms with Crippen LogP contribution in [0.2, 0.25) is 5.02 Å². The molecule has 146 valence electrons. The van der Waals surface area contributed by atoms with Crippen LogP contribution in [0.4, 0.5) is 6.01 Å². The SMILES string of the molecule is O=C(NCCc1ccco1)C1CCN(c2nc(-c3ccc(Cl)cc3)no2)CC1. The maximum absolute atomic E-state index is 12.4. The molecule has 0 atom stereocenters. The monoisotopic (exact) mass is 400 g/mol. The van der Waals surface area contributed by atoms with Crippen LogP contribution >= 0.6 is 11.6 Å². The molecule has 0 bridgehead atoms. The highest BCUT2D eigenvalue weighted by Gasteiger charge is 2.27. The zero-order valence-electron chi connectivity index (χ0n) is 15.3. The molecular formula is C20H21ClN4O3. The van der Waals surface area contributed by atoms with Crippen molar-refractivity contribution in [3.63, 3.8) is 0 Å². The van der Waals surface area contributed by atoms with Gasteiger partial charge in [0.15, 0.2) is 0 Å². The van der Waals surface area contributed by atoms with E-state index in [1.54, 1.807) is 18.4 Å². The van der Waals surface area contributed by atoms with E-state index in [0.29, 0.717) is 42.9 Å². The Morgan fingerprint density at radius 3 is 2.71 bits per heavy atom. The van der Waals surface area contributed by atoms with Crippen molar-refractivity contribution in [3.8, 4) is 11.4 Å². The largest absolute Gasteiger partial charge is 0.469 e. The van der Waals surface area contributed by atoms with E-state index >= 15 is 0 Å². The number of piperidine rings is 1. The van der Waals surface area contributed by atoms with Gasteiger partial charge in [-0.1, -0.05) is 16.8 Å². The Morgan fingerprint density at radius 2 is 2.00 bits per heavy atom. The molecule has 1 aliphatic heterocycles. The quantitative estimate of drug-likeness (QED) is 0.681. The van der Waals surface area contributed by atoms with Gasteiger partial charge in [0.05, 0.1) is 6.26 Å². The van der Waals surface area contributed by atoms with Gasteiger partial charge in [-0.15, -0.1) is 0 Å². The van der Waals surface area contributed by atoms with Gasteiger partial charge >= 0.3 is 6.01 Å². The van der Waals surface area contributed by atoms with Crippen LogP contribution in [0.1, 0.15) is 18.6 Å². The fraction of sp³-hybridized carbons (Fsp3) is 0.350. The van der Waals surface area contributed by atoms with Crippen molar-refractivity contribution in [1.29, 1.82) is 0 Å². The second-order valence-electron chi connectivity index (χ2n) is 6.79. The normalized spacial score (nSPS) is 15.0. The molecule has 2 aromatic heterocycles. The van der Waals surface area contributed by atoms with Gasteiger partial charge in [-0.25, -0.2) is 0 Å². The number of benzene rings is 1. The zero-order chi connectivity index (χ0) is 19.3. The van der Waals surface area contributed by atoms with Crippen LogP contribution in [0, 0.1) is 5.92 Å². The van der Waals surface area contributed by atoms with E-state index in [4.69, 9.17) is 20.5 Å². The van der Waals surface area contributed by atoms with Crippen molar-refractivity contribution in [2.75, 3.05) is 24.5 Å². The standard InChI is InChI=1S/C20H21ClN4O3/c21-16-5-3-14(4-6-16)18-23-20(28-24-18)25-11-8-15(9-12-25)19(26)22-10-7-17-2-1-13-27-17/h1-6,13,15H,7-12H2,(H,22,26). The first-order valence-corrected chi connectivity index (χ1v) is 9.71. The van der Waals surface area contributed by atoms with Crippen LogP contribution < -0.4 is 10.2 Å². The van der Waals surface area contributed by atoms with Crippen LogP contribution in [0.5, 0.6) is 0 Å². The van der Waals surface area contributed by atoms with Crippen LogP contribution in [0.3, 0.4) is 0 Å². The van der Waals surface area contributed by atoms with Crippen molar-refractivity contribution >= 4 is 23.5 Å². The number of rotatable bonds is 6. The Hall–Kier alpha value is -2.80. The minimum Gasteiger partial charge on any atom is -0.469 e. The van der Waals surface area contributed by atoms with Gasteiger partial charge in [-0.3, -0.25) is 4.79 Å². The summed E-state index contributed by atoms with van der Waals surface area (Å²) in [5, 5.41) is 7.71. The van der Waals surface area contributed by atoms with Crippen molar-refractivity contribution in [2.24, 2.45) is 5.92 Å².